The Labute approximate surface area is 163 Å². The quantitative estimate of drug-likeness (QED) is 0.559. The van der Waals surface area contributed by atoms with Crippen LogP contribution in [0.4, 0.5) is 26.7 Å². The summed E-state index contributed by atoms with van der Waals surface area (Å²) in [5.41, 5.74) is 3.75. The highest BCUT2D eigenvalue weighted by Gasteiger charge is 2.09. The van der Waals surface area contributed by atoms with Crippen molar-refractivity contribution in [2.45, 2.75) is 13.8 Å². The Hall–Kier alpha value is -3.80. The van der Waals surface area contributed by atoms with Gasteiger partial charge in [-0.05, 0) is 55.8 Å². The predicted molar refractivity (Wildman–Crippen MR) is 111 cm³/mol. The van der Waals surface area contributed by atoms with Gasteiger partial charge in [0.25, 0.3) is 0 Å². The number of carbonyl (C=O) groups is 2. The molecule has 6 nitrogen and oxygen atoms in total. The van der Waals surface area contributed by atoms with Crippen molar-refractivity contribution in [2.75, 3.05) is 16.0 Å². The molecule has 3 amide bonds. The lowest BCUT2D eigenvalue weighted by Gasteiger charge is -2.12. The molecule has 6 heteroatoms. The van der Waals surface area contributed by atoms with Crippen LogP contribution in [0.15, 0.2) is 72.8 Å². The summed E-state index contributed by atoms with van der Waals surface area (Å²) >= 11 is 0. The molecule has 0 aliphatic carbocycles. The van der Waals surface area contributed by atoms with Crippen molar-refractivity contribution in [1.82, 2.24) is 0 Å². The molecule has 0 spiro atoms. The van der Waals surface area contributed by atoms with E-state index in [1.54, 1.807) is 42.5 Å². The molecule has 0 aliphatic rings. The number of carbonyl (C=O) groups excluding carboxylic acids is 2. The number of rotatable bonds is 4. The van der Waals surface area contributed by atoms with Crippen LogP contribution in [-0.4, -0.2) is 12.1 Å². The lowest BCUT2D eigenvalue weighted by atomic mass is 10.2. The molecule has 0 aliphatic heterocycles. The number of para-hydroxylation sites is 1. The van der Waals surface area contributed by atoms with Gasteiger partial charge in [0.1, 0.15) is 5.75 Å². The minimum absolute atomic E-state index is 0.370. The largest absolute Gasteiger partial charge is 0.417 e. The summed E-state index contributed by atoms with van der Waals surface area (Å²) in [7, 11) is 0. The van der Waals surface area contributed by atoms with Gasteiger partial charge >= 0.3 is 12.1 Å². The number of nitrogens with one attached hydrogen (secondary N) is 3. The Balaban J connectivity index is 1.62. The predicted octanol–water partition coefficient (Wildman–Crippen LogP) is 5.56. The minimum Gasteiger partial charge on any atom is -0.410 e. The standard InChI is InChI=1S/C22H21N3O3/c1-15-8-11-17(12-9-15)23-21(26)24-18-13-10-16(2)20(14-18)25-22(27)28-19-6-4-3-5-7-19/h3-14H,1-2H3,(H,25,27)(H2,23,24,26). The van der Waals surface area contributed by atoms with E-state index in [-0.39, 0.29) is 6.03 Å². The molecular formula is C22H21N3O3. The van der Waals surface area contributed by atoms with Crippen LogP contribution in [0.1, 0.15) is 11.1 Å². The minimum atomic E-state index is -0.601. The van der Waals surface area contributed by atoms with Gasteiger partial charge in [-0.1, -0.05) is 42.0 Å². The molecule has 3 aromatic carbocycles. The fourth-order valence-electron chi connectivity index (χ4n) is 2.50. The Morgan fingerprint density at radius 1 is 0.750 bits per heavy atom. The maximum atomic E-state index is 12.2. The third-order valence-corrected chi connectivity index (χ3v) is 4.00. The first-order valence-electron chi connectivity index (χ1n) is 8.79. The average molecular weight is 375 g/mol. The van der Waals surface area contributed by atoms with E-state index in [0.29, 0.717) is 22.8 Å². The van der Waals surface area contributed by atoms with Gasteiger partial charge in [0.15, 0.2) is 0 Å². The molecule has 3 aromatic rings. The fraction of sp³-hybridized carbons (Fsp3) is 0.0909. The molecule has 0 saturated heterocycles. The topological polar surface area (TPSA) is 79.5 Å². The Morgan fingerprint density at radius 3 is 2.11 bits per heavy atom. The van der Waals surface area contributed by atoms with Crippen LogP contribution in [0.5, 0.6) is 5.75 Å². The van der Waals surface area contributed by atoms with E-state index in [1.807, 2.05) is 44.2 Å². The fourth-order valence-corrected chi connectivity index (χ4v) is 2.50. The summed E-state index contributed by atoms with van der Waals surface area (Å²) in [4.78, 5) is 24.3. The first-order valence-corrected chi connectivity index (χ1v) is 8.79. The van der Waals surface area contributed by atoms with Gasteiger partial charge in [-0.3, -0.25) is 5.32 Å². The summed E-state index contributed by atoms with van der Waals surface area (Å²) in [6.45, 7) is 3.84. The Kier molecular flexibility index (Phi) is 5.91. The van der Waals surface area contributed by atoms with Gasteiger partial charge in [0.2, 0.25) is 0 Å². The van der Waals surface area contributed by atoms with E-state index >= 15 is 0 Å². The van der Waals surface area contributed by atoms with Crippen LogP contribution < -0.4 is 20.7 Å². The second-order valence-corrected chi connectivity index (χ2v) is 6.30. The van der Waals surface area contributed by atoms with Gasteiger partial charge in [-0.2, -0.15) is 0 Å². The molecule has 0 heterocycles. The summed E-state index contributed by atoms with van der Waals surface area (Å²) in [5.74, 6) is 0.449. The molecule has 3 rings (SSSR count). The molecule has 0 atom stereocenters. The SMILES string of the molecule is Cc1ccc(NC(=O)Nc2ccc(C)c(NC(=O)Oc3ccccc3)c2)cc1. The van der Waals surface area contributed by atoms with Crippen LogP contribution >= 0.6 is 0 Å². The van der Waals surface area contributed by atoms with Crippen molar-refractivity contribution in [3.05, 3.63) is 83.9 Å². The van der Waals surface area contributed by atoms with Crippen LogP contribution in [0.25, 0.3) is 0 Å². The normalized spacial score (nSPS) is 10.1. The summed E-state index contributed by atoms with van der Waals surface area (Å²) in [5, 5.41) is 8.21. The van der Waals surface area contributed by atoms with Gasteiger partial charge < -0.3 is 15.4 Å². The number of anilines is 3. The van der Waals surface area contributed by atoms with Crippen LogP contribution in [0.3, 0.4) is 0 Å². The van der Waals surface area contributed by atoms with Gasteiger partial charge in [0.05, 0.1) is 0 Å². The number of aryl methyl sites for hydroxylation is 2. The first kappa shape index (κ1) is 19.0. The number of hydrogen-bond acceptors (Lipinski definition) is 3. The molecule has 28 heavy (non-hydrogen) atoms. The highest BCUT2D eigenvalue weighted by atomic mass is 16.6. The summed E-state index contributed by atoms with van der Waals surface area (Å²) in [6.07, 6.45) is -0.601. The maximum Gasteiger partial charge on any atom is 0.417 e. The molecule has 0 saturated carbocycles. The Morgan fingerprint density at radius 2 is 1.39 bits per heavy atom. The van der Waals surface area contributed by atoms with Gasteiger partial charge in [0, 0.05) is 17.1 Å². The zero-order valence-electron chi connectivity index (χ0n) is 15.7. The van der Waals surface area contributed by atoms with Crippen molar-refractivity contribution in [3.8, 4) is 5.75 Å². The van der Waals surface area contributed by atoms with E-state index in [4.69, 9.17) is 4.74 Å². The lowest BCUT2D eigenvalue weighted by Crippen LogP contribution is -2.20. The highest BCUT2D eigenvalue weighted by Crippen LogP contribution is 2.21. The maximum absolute atomic E-state index is 12.2. The molecule has 0 aromatic heterocycles. The van der Waals surface area contributed by atoms with E-state index in [2.05, 4.69) is 16.0 Å². The molecule has 0 radical (unpaired) electrons. The first-order chi connectivity index (χ1) is 13.5. The second-order valence-electron chi connectivity index (χ2n) is 6.30. The summed E-state index contributed by atoms with van der Waals surface area (Å²) in [6, 6.07) is 21.2. The molecule has 0 fully saturated rings. The summed E-state index contributed by atoms with van der Waals surface area (Å²) < 4.78 is 5.23. The van der Waals surface area contributed by atoms with Crippen LogP contribution in [0, 0.1) is 13.8 Å². The van der Waals surface area contributed by atoms with E-state index < -0.39 is 6.09 Å². The smallest absolute Gasteiger partial charge is 0.410 e. The number of hydrogen-bond donors (Lipinski definition) is 3. The molecule has 0 bridgehead atoms. The van der Waals surface area contributed by atoms with Crippen molar-refractivity contribution in [3.63, 3.8) is 0 Å². The van der Waals surface area contributed by atoms with Crippen LogP contribution in [0.2, 0.25) is 0 Å². The van der Waals surface area contributed by atoms with E-state index in [1.165, 1.54) is 0 Å². The van der Waals surface area contributed by atoms with E-state index in [9.17, 15) is 9.59 Å². The van der Waals surface area contributed by atoms with Crippen molar-refractivity contribution >= 4 is 29.2 Å². The third-order valence-electron chi connectivity index (χ3n) is 4.00. The van der Waals surface area contributed by atoms with Gasteiger partial charge in [-0.15, -0.1) is 0 Å². The van der Waals surface area contributed by atoms with Crippen molar-refractivity contribution < 1.29 is 14.3 Å². The lowest BCUT2D eigenvalue weighted by molar-refractivity contribution is 0.215. The molecular weight excluding hydrogens is 354 g/mol. The number of ether oxygens (including phenoxy) is 1. The van der Waals surface area contributed by atoms with Crippen molar-refractivity contribution in [2.24, 2.45) is 0 Å². The zero-order valence-corrected chi connectivity index (χ0v) is 15.7. The third kappa shape index (κ3) is 5.35. The zero-order chi connectivity index (χ0) is 19.9. The van der Waals surface area contributed by atoms with E-state index in [0.717, 1.165) is 11.1 Å². The molecule has 3 N–H and O–H groups in total. The Bertz CT molecular complexity index is 970. The highest BCUT2D eigenvalue weighted by molar-refractivity contribution is 6.00. The van der Waals surface area contributed by atoms with Crippen LogP contribution in [-0.2, 0) is 0 Å². The second kappa shape index (κ2) is 8.73. The number of benzene rings is 3. The molecule has 0 unspecified atom stereocenters. The monoisotopic (exact) mass is 375 g/mol. The number of urea groups is 1. The van der Waals surface area contributed by atoms with Gasteiger partial charge in [-0.25, -0.2) is 9.59 Å². The number of amides is 3. The van der Waals surface area contributed by atoms with Crippen molar-refractivity contribution in [1.29, 1.82) is 0 Å². The molecule has 142 valence electrons. The average Bonchev–Trinajstić information content (AvgIpc) is 2.67.